The number of anilines is 2. The Bertz CT molecular complexity index is 816. The van der Waals surface area contributed by atoms with Crippen molar-refractivity contribution in [3.8, 4) is 0 Å². The van der Waals surface area contributed by atoms with Gasteiger partial charge < -0.3 is 15.2 Å². The summed E-state index contributed by atoms with van der Waals surface area (Å²) < 4.78 is 0. The maximum absolute atomic E-state index is 12.4. The highest BCUT2D eigenvalue weighted by molar-refractivity contribution is 7.13. The Morgan fingerprint density at radius 1 is 1.35 bits per heavy atom. The van der Waals surface area contributed by atoms with Crippen LogP contribution >= 0.6 is 11.3 Å². The Morgan fingerprint density at radius 3 is 3.17 bits per heavy atom. The summed E-state index contributed by atoms with van der Waals surface area (Å²) >= 11 is 1.42. The molecule has 2 N–H and O–H groups in total. The van der Waals surface area contributed by atoms with Gasteiger partial charge in [0.2, 0.25) is 5.91 Å². The smallest absolute Gasteiger partial charge is 0.231 e. The highest BCUT2D eigenvalue weighted by atomic mass is 32.1. The van der Waals surface area contributed by atoms with Gasteiger partial charge in [0.15, 0.2) is 16.6 Å². The molecule has 3 aromatic heterocycles. The first-order chi connectivity index (χ1) is 11.3. The molecule has 8 nitrogen and oxygen atoms in total. The molecule has 1 fully saturated rings. The molecule has 0 aliphatic carbocycles. The molecular weight excluding hydrogens is 314 g/mol. The minimum Gasteiger partial charge on any atom is -0.354 e. The molecule has 0 unspecified atom stereocenters. The summed E-state index contributed by atoms with van der Waals surface area (Å²) in [5, 5.41) is 5.37. The maximum Gasteiger partial charge on any atom is 0.231 e. The monoisotopic (exact) mass is 329 g/mol. The van der Waals surface area contributed by atoms with E-state index >= 15 is 0 Å². The van der Waals surface area contributed by atoms with Crippen LogP contribution < -0.4 is 10.2 Å². The number of hydrogen-bond acceptors (Lipinski definition) is 7. The standard InChI is InChI=1S/C14H15N7OS/c22-13(20-14-15-3-5-23-14)9-2-1-4-21(6-9)12-10-11(17-7-16-10)18-8-19-12/h3,5,7-9H,1-2,4,6H2,(H,15,20,22)(H,16,17,18,19)/t9-/m0/s1. The number of H-pyrrole nitrogens is 1. The maximum atomic E-state index is 12.4. The van der Waals surface area contributed by atoms with E-state index in [1.165, 1.54) is 17.7 Å². The predicted octanol–water partition coefficient (Wildman–Crippen LogP) is 1.66. The second kappa shape index (κ2) is 5.92. The van der Waals surface area contributed by atoms with Crippen LogP contribution in [0.5, 0.6) is 0 Å². The summed E-state index contributed by atoms with van der Waals surface area (Å²) in [5.74, 6) is 0.736. The number of imidazole rings is 1. The third kappa shape index (κ3) is 2.74. The topological polar surface area (TPSA) is 99.7 Å². The molecule has 1 amide bonds. The minimum absolute atomic E-state index is 0.0135. The van der Waals surface area contributed by atoms with Crippen LogP contribution in [0, 0.1) is 5.92 Å². The van der Waals surface area contributed by atoms with Crippen LogP contribution in [0.3, 0.4) is 0 Å². The molecule has 1 atom stereocenters. The predicted molar refractivity (Wildman–Crippen MR) is 87.4 cm³/mol. The summed E-state index contributed by atoms with van der Waals surface area (Å²) in [6, 6.07) is 0. The van der Waals surface area contributed by atoms with E-state index in [2.05, 4.69) is 35.1 Å². The number of nitrogens with zero attached hydrogens (tertiary/aromatic N) is 5. The van der Waals surface area contributed by atoms with Gasteiger partial charge in [-0.05, 0) is 12.8 Å². The summed E-state index contributed by atoms with van der Waals surface area (Å²) in [5.41, 5.74) is 1.46. The molecule has 3 aromatic rings. The van der Waals surface area contributed by atoms with Gasteiger partial charge in [-0.2, -0.15) is 0 Å². The number of nitrogens with one attached hydrogen (secondary N) is 2. The van der Waals surface area contributed by atoms with Crippen molar-refractivity contribution in [1.29, 1.82) is 0 Å². The molecule has 9 heteroatoms. The average molecular weight is 329 g/mol. The van der Waals surface area contributed by atoms with Crippen LogP contribution in [0.4, 0.5) is 10.9 Å². The number of aromatic nitrogens is 5. The number of hydrogen-bond donors (Lipinski definition) is 2. The molecule has 1 saturated heterocycles. The van der Waals surface area contributed by atoms with Gasteiger partial charge in [0.05, 0.1) is 12.2 Å². The lowest BCUT2D eigenvalue weighted by atomic mass is 9.97. The molecule has 1 aliphatic heterocycles. The summed E-state index contributed by atoms with van der Waals surface area (Å²) in [7, 11) is 0. The lowest BCUT2D eigenvalue weighted by Crippen LogP contribution is -2.41. The van der Waals surface area contributed by atoms with Crippen molar-refractivity contribution >= 4 is 39.4 Å². The van der Waals surface area contributed by atoms with Gasteiger partial charge in [0, 0.05) is 24.7 Å². The zero-order chi connectivity index (χ0) is 15.6. The molecule has 4 heterocycles. The van der Waals surface area contributed by atoms with Gasteiger partial charge in [-0.25, -0.2) is 19.9 Å². The van der Waals surface area contributed by atoms with Crippen LogP contribution in [0.2, 0.25) is 0 Å². The first-order valence-electron chi connectivity index (χ1n) is 7.40. The number of rotatable bonds is 3. The Hall–Kier alpha value is -2.55. The van der Waals surface area contributed by atoms with Gasteiger partial charge in [0.1, 0.15) is 11.8 Å². The number of piperidine rings is 1. The number of fused-ring (bicyclic) bond motifs is 1. The van der Waals surface area contributed by atoms with Gasteiger partial charge >= 0.3 is 0 Å². The van der Waals surface area contributed by atoms with Crippen molar-refractivity contribution in [2.45, 2.75) is 12.8 Å². The van der Waals surface area contributed by atoms with Gasteiger partial charge in [-0.1, -0.05) is 0 Å². The molecule has 118 valence electrons. The van der Waals surface area contributed by atoms with E-state index in [9.17, 15) is 4.79 Å². The van der Waals surface area contributed by atoms with E-state index in [0.717, 1.165) is 30.7 Å². The van der Waals surface area contributed by atoms with Crippen LogP contribution in [0.25, 0.3) is 11.2 Å². The Labute approximate surface area is 136 Å². The molecule has 0 spiro atoms. The Kier molecular flexibility index (Phi) is 3.62. The van der Waals surface area contributed by atoms with E-state index in [1.807, 2.05) is 5.38 Å². The van der Waals surface area contributed by atoms with Gasteiger partial charge in [0.25, 0.3) is 0 Å². The number of aromatic amines is 1. The molecular formula is C14H15N7OS. The van der Waals surface area contributed by atoms with E-state index < -0.39 is 0 Å². The Morgan fingerprint density at radius 2 is 2.30 bits per heavy atom. The zero-order valence-corrected chi connectivity index (χ0v) is 13.1. The summed E-state index contributed by atoms with van der Waals surface area (Å²) in [6.07, 6.45) is 6.61. The highest BCUT2D eigenvalue weighted by Gasteiger charge is 2.28. The molecule has 0 bridgehead atoms. The van der Waals surface area contributed by atoms with Crippen molar-refractivity contribution in [2.75, 3.05) is 23.3 Å². The SMILES string of the molecule is O=C(Nc1nccs1)[C@H]1CCCN(c2ncnc3nc[nH]c23)C1. The molecule has 0 radical (unpaired) electrons. The first-order valence-corrected chi connectivity index (χ1v) is 8.28. The quantitative estimate of drug-likeness (QED) is 0.758. The Balaban J connectivity index is 1.53. The molecule has 23 heavy (non-hydrogen) atoms. The van der Waals surface area contributed by atoms with Crippen molar-refractivity contribution < 1.29 is 4.79 Å². The lowest BCUT2D eigenvalue weighted by molar-refractivity contribution is -0.120. The van der Waals surface area contributed by atoms with Crippen LogP contribution in [-0.2, 0) is 4.79 Å². The van der Waals surface area contributed by atoms with E-state index in [1.54, 1.807) is 12.5 Å². The fraction of sp³-hybridized carbons (Fsp3) is 0.357. The van der Waals surface area contributed by atoms with Gasteiger partial charge in [-0.15, -0.1) is 11.3 Å². The zero-order valence-electron chi connectivity index (χ0n) is 12.3. The van der Waals surface area contributed by atoms with Crippen LogP contribution in [0.15, 0.2) is 24.2 Å². The van der Waals surface area contributed by atoms with Crippen LogP contribution in [0.1, 0.15) is 12.8 Å². The van der Waals surface area contributed by atoms with Crippen molar-refractivity contribution in [2.24, 2.45) is 5.92 Å². The molecule has 1 aliphatic rings. The van der Waals surface area contributed by atoms with Crippen LogP contribution in [-0.4, -0.2) is 43.9 Å². The first kappa shape index (κ1) is 14.1. The molecule has 4 rings (SSSR count). The van der Waals surface area contributed by atoms with E-state index in [0.29, 0.717) is 17.3 Å². The van der Waals surface area contributed by atoms with E-state index in [-0.39, 0.29) is 11.8 Å². The number of amides is 1. The second-order valence-corrected chi connectivity index (χ2v) is 6.30. The molecule has 0 aromatic carbocycles. The lowest BCUT2D eigenvalue weighted by Gasteiger charge is -2.32. The van der Waals surface area contributed by atoms with Crippen molar-refractivity contribution in [3.63, 3.8) is 0 Å². The number of carbonyl (C=O) groups is 1. The average Bonchev–Trinajstić information content (AvgIpc) is 3.25. The molecule has 0 saturated carbocycles. The van der Waals surface area contributed by atoms with Crippen molar-refractivity contribution in [3.05, 3.63) is 24.2 Å². The third-order valence-corrected chi connectivity index (χ3v) is 4.65. The normalized spacial score (nSPS) is 18.3. The third-order valence-electron chi connectivity index (χ3n) is 3.96. The fourth-order valence-electron chi connectivity index (χ4n) is 2.87. The minimum atomic E-state index is -0.0828. The highest BCUT2D eigenvalue weighted by Crippen LogP contribution is 2.26. The largest absolute Gasteiger partial charge is 0.354 e. The number of carbonyl (C=O) groups excluding carboxylic acids is 1. The van der Waals surface area contributed by atoms with Crippen molar-refractivity contribution in [1.82, 2.24) is 24.9 Å². The summed E-state index contributed by atoms with van der Waals surface area (Å²) in [6.45, 7) is 1.49. The van der Waals surface area contributed by atoms with E-state index in [4.69, 9.17) is 0 Å². The van der Waals surface area contributed by atoms with Gasteiger partial charge in [-0.3, -0.25) is 4.79 Å². The summed E-state index contributed by atoms with van der Waals surface area (Å²) in [4.78, 5) is 34.4. The fourth-order valence-corrected chi connectivity index (χ4v) is 3.40. The second-order valence-electron chi connectivity index (χ2n) is 5.41. The number of thiazole rings is 1.